The van der Waals surface area contributed by atoms with Gasteiger partial charge in [-0.05, 0) is 45.2 Å². The minimum absolute atomic E-state index is 0.125. The number of carbonyl (C=O) groups is 3. The third kappa shape index (κ3) is 3.32. The molecule has 0 saturated carbocycles. The van der Waals surface area contributed by atoms with E-state index in [0.717, 1.165) is 0 Å². The third-order valence-corrected chi connectivity index (χ3v) is 7.08. The van der Waals surface area contributed by atoms with E-state index in [4.69, 9.17) is 21.1 Å². The van der Waals surface area contributed by atoms with Gasteiger partial charge in [0.25, 0.3) is 0 Å². The highest BCUT2D eigenvalue weighted by Gasteiger charge is 2.78. The number of likely N-dealkylation sites (tertiary alicyclic amines) is 1. The Kier molecular flexibility index (Phi) is 5.74. The van der Waals surface area contributed by atoms with Crippen molar-refractivity contribution in [1.29, 1.82) is 0 Å². The molecule has 2 amide bonds. The molecule has 1 aromatic carbocycles. The second-order valence-corrected chi connectivity index (χ2v) is 8.96. The molecule has 5 atom stereocenters. The fraction of sp³-hybridized carbons (Fsp3) is 0.591. The molecule has 31 heavy (non-hydrogen) atoms. The Morgan fingerprint density at radius 1 is 1.35 bits per heavy atom. The Morgan fingerprint density at radius 3 is 2.77 bits per heavy atom. The molecule has 0 aromatic heterocycles. The van der Waals surface area contributed by atoms with Crippen LogP contribution in [0.15, 0.2) is 24.3 Å². The van der Waals surface area contributed by atoms with Gasteiger partial charge in [0.2, 0.25) is 11.8 Å². The smallest absolute Gasteiger partial charge is 0.312 e. The summed E-state index contributed by atoms with van der Waals surface area (Å²) in [5.74, 6) is -2.78. The zero-order valence-corrected chi connectivity index (χ0v) is 18.4. The summed E-state index contributed by atoms with van der Waals surface area (Å²) in [6.07, 6.45) is 1.34. The summed E-state index contributed by atoms with van der Waals surface area (Å²) in [6.45, 7) is 3.79. The van der Waals surface area contributed by atoms with E-state index >= 15 is 0 Å². The zero-order valence-electron chi connectivity index (χ0n) is 17.6. The minimum Gasteiger partial charge on any atom is -0.466 e. The molecule has 2 bridgehead atoms. The SMILES string of the molecule is CCOC(=O)[C@H]1[C@H]2C(=O)N(CCCO)C(C(=O)Nc3ccccc3Cl)C23CC[C@]1(C)O3. The number of aliphatic hydroxyl groups excluding tert-OH is 1. The number of ether oxygens (including phenoxy) is 2. The molecule has 3 fully saturated rings. The summed E-state index contributed by atoms with van der Waals surface area (Å²) in [6, 6.07) is 5.92. The average Bonchev–Trinajstić information content (AvgIpc) is 3.29. The Hall–Kier alpha value is -2.16. The van der Waals surface area contributed by atoms with Crippen molar-refractivity contribution in [2.75, 3.05) is 25.1 Å². The van der Waals surface area contributed by atoms with Crippen molar-refractivity contribution in [1.82, 2.24) is 4.90 Å². The highest BCUT2D eigenvalue weighted by molar-refractivity contribution is 6.33. The quantitative estimate of drug-likeness (QED) is 0.615. The molecule has 4 rings (SSSR count). The van der Waals surface area contributed by atoms with E-state index in [9.17, 15) is 19.5 Å². The maximum absolute atomic E-state index is 13.5. The van der Waals surface area contributed by atoms with E-state index < -0.39 is 41.0 Å². The van der Waals surface area contributed by atoms with Crippen LogP contribution in [0.3, 0.4) is 0 Å². The highest BCUT2D eigenvalue weighted by atomic mass is 35.5. The molecule has 9 heteroatoms. The average molecular weight is 451 g/mol. The van der Waals surface area contributed by atoms with Gasteiger partial charge in [-0.1, -0.05) is 23.7 Å². The molecule has 2 unspecified atom stereocenters. The molecule has 1 spiro atoms. The number of fused-ring (bicyclic) bond motifs is 1. The molecular formula is C22H27ClN2O6. The first-order valence-corrected chi connectivity index (χ1v) is 11.0. The monoisotopic (exact) mass is 450 g/mol. The van der Waals surface area contributed by atoms with Gasteiger partial charge in [0.05, 0.1) is 28.8 Å². The lowest BCUT2D eigenvalue weighted by atomic mass is 9.66. The minimum atomic E-state index is -1.12. The maximum atomic E-state index is 13.5. The van der Waals surface area contributed by atoms with Gasteiger partial charge in [-0.25, -0.2) is 0 Å². The molecule has 3 aliphatic rings. The number of anilines is 1. The molecule has 1 aromatic rings. The number of nitrogens with one attached hydrogen (secondary N) is 1. The number of aliphatic hydroxyl groups is 1. The van der Waals surface area contributed by atoms with Crippen LogP contribution in [0.2, 0.25) is 5.02 Å². The van der Waals surface area contributed by atoms with Crippen LogP contribution in [0.4, 0.5) is 5.69 Å². The summed E-state index contributed by atoms with van der Waals surface area (Å²) in [5.41, 5.74) is -1.55. The first-order chi connectivity index (χ1) is 14.8. The van der Waals surface area contributed by atoms with Crippen LogP contribution < -0.4 is 5.32 Å². The van der Waals surface area contributed by atoms with E-state index in [2.05, 4.69) is 5.32 Å². The summed E-state index contributed by atoms with van der Waals surface area (Å²) in [4.78, 5) is 41.3. The molecule has 0 aliphatic carbocycles. The number of amides is 2. The van der Waals surface area contributed by atoms with Crippen LogP contribution in [-0.2, 0) is 23.9 Å². The molecule has 8 nitrogen and oxygen atoms in total. The van der Waals surface area contributed by atoms with E-state index in [-0.39, 0.29) is 25.7 Å². The number of para-hydroxylation sites is 1. The molecule has 0 radical (unpaired) electrons. The van der Waals surface area contributed by atoms with E-state index in [1.807, 2.05) is 6.92 Å². The van der Waals surface area contributed by atoms with Crippen LogP contribution in [0, 0.1) is 11.8 Å². The van der Waals surface area contributed by atoms with Gasteiger partial charge < -0.3 is 24.8 Å². The van der Waals surface area contributed by atoms with Crippen molar-refractivity contribution < 1.29 is 29.0 Å². The number of carbonyl (C=O) groups excluding carboxylic acids is 3. The van der Waals surface area contributed by atoms with Crippen molar-refractivity contribution in [3.05, 3.63) is 29.3 Å². The number of rotatable bonds is 7. The number of esters is 1. The molecule has 3 heterocycles. The van der Waals surface area contributed by atoms with Gasteiger partial charge in [-0.2, -0.15) is 0 Å². The molecule has 3 saturated heterocycles. The predicted octanol–water partition coefficient (Wildman–Crippen LogP) is 1.99. The number of hydrogen-bond acceptors (Lipinski definition) is 6. The molecule has 3 aliphatic heterocycles. The Morgan fingerprint density at radius 2 is 2.10 bits per heavy atom. The summed E-state index contributed by atoms with van der Waals surface area (Å²) in [7, 11) is 0. The van der Waals surface area contributed by atoms with Gasteiger partial charge in [-0.15, -0.1) is 0 Å². The predicted molar refractivity (Wildman–Crippen MR) is 112 cm³/mol. The van der Waals surface area contributed by atoms with E-state index in [1.54, 1.807) is 31.2 Å². The second kappa shape index (κ2) is 8.07. The first-order valence-electron chi connectivity index (χ1n) is 10.6. The molecule has 168 valence electrons. The van der Waals surface area contributed by atoms with Crippen LogP contribution in [0.5, 0.6) is 0 Å². The van der Waals surface area contributed by atoms with Crippen molar-refractivity contribution in [2.24, 2.45) is 11.8 Å². The van der Waals surface area contributed by atoms with Gasteiger partial charge in [0.1, 0.15) is 17.6 Å². The van der Waals surface area contributed by atoms with Crippen molar-refractivity contribution in [2.45, 2.75) is 50.4 Å². The highest BCUT2D eigenvalue weighted by Crippen LogP contribution is 2.63. The van der Waals surface area contributed by atoms with Gasteiger partial charge in [0.15, 0.2) is 0 Å². The summed E-state index contributed by atoms with van der Waals surface area (Å²) >= 11 is 6.21. The number of halogens is 1. The van der Waals surface area contributed by atoms with Crippen molar-refractivity contribution >= 4 is 35.1 Å². The normalized spacial score (nSPS) is 33.5. The number of hydrogen-bond donors (Lipinski definition) is 2. The lowest BCUT2D eigenvalue weighted by molar-refractivity contribution is -0.159. The van der Waals surface area contributed by atoms with Gasteiger partial charge in [-0.3, -0.25) is 14.4 Å². The topological polar surface area (TPSA) is 105 Å². The number of nitrogens with zero attached hydrogens (tertiary/aromatic N) is 1. The zero-order chi connectivity index (χ0) is 22.4. The van der Waals surface area contributed by atoms with E-state index in [0.29, 0.717) is 30.0 Å². The van der Waals surface area contributed by atoms with Gasteiger partial charge >= 0.3 is 5.97 Å². The third-order valence-electron chi connectivity index (χ3n) is 6.75. The molecular weight excluding hydrogens is 424 g/mol. The standard InChI is InChI=1S/C22H27ClN2O6/c1-3-30-20(29)16-15-19(28)25(11-6-12-26)17(22(15)10-9-21(16,2)31-22)18(27)24-14-8-5-4-7-13(14)23/h4-5,7-8,15-17,26H,3,6,9-12H2,1-2H3,(H,24,27)/t15-,16+,17?,21-,22?/m0/s1. The van der Waals surface area contributed by atoms with Crippen LogP contribution in [0.25, 0.3) is 0 Å². The first kappa shape index (κ1) is 22.0. The van der Waals surface area contributed by atoms with Crippen molar-refractivity contribution in [3.8, 4) is 0 Å². The lowest BCUT2D eigenvalue weighted by Crippen LogP contribution is -2.53. The number of benzene rings is 1. The second-order valence-electron chi connectivity index (χ2n) is 8.56. The van der Waals surface area contributed by atoms with Gasteiger partial charge in [0, 0.05) is 13.2 Å². The fourth-order valence-corrected chi connectivity index (χ4v) is 5.74. The van der Waals surface area contributed by atoms with E-state index in [1.165, 1.54) is 4.90 Å². The Balaban J connectivity index is 1.72. The summed E-state index contributed by atoms with van der Waals surface area (Å²) < 4.78 is 11.7. The largest absolute Gasteiger partial charge is 0.466 e. The summed E-state index contributed by atoms with van der Waals surface area (Å²) in [5, 5.41) is 12.5. The maximum Gasteiger partial charge on any atom is 0.312 e. The Labute approximate surface area is 185 Å². The molecule has 2 N–H and O–H groups in total. The van der Waals surface area contributed by atoms with Crippen molar-refractivity contribution in [3.63, 3.8) is 0 Å². The van der Waals surface area contributed by atoms with Crippen LogP contribution >= 0.6 is 11.6 Å². The van der Waals surface area contributed by atoms with Crippen LogP contribution in [0.1, 0.15) is 33.1 Å². The Bertz CT molecular complexity index is 910. The lowest BCUT2D eigenvalue weighted by Gasteiger charge is -2.33. The fourth-order valence-electron chi connectivity index (χ4n) is 5.56. The van der Waals surface area contributed by atoms with Crippen LogP contribution in [-0.4, -0.2) is 64.8 Å².